The lowest BCUT2D eigenvalue weighted by atomic mass is 9.63. The smallest absolute Gasteiger partial charge is 0.308 e. The van der Waals surface area contributed by atoms with Crippen LogP contribution in [0.5, 0.6) is 0 Å². The van der Waals surface area contributed by atoms with Crippen molar-refractivity contribution < 1.29 is 34.1 Å². The zero-order valence-electron chi connectivity index (χ0n) is 25.0. The fraction of sp³-hybridized carbons (Fsp3) is 0.750. The van der Waals surface area contributed by atoms with Gasteiger partial charge in [0.15, 0.2) is 5.78 Å². The maximum absolute atomic E-state index is 13.1. The second-order valence-corrected chi connectivity index (χ2v) is 11.5. The van der Waals surface area contributed by atoms with E-state index in [0.29, 0.717) is 32.1 Å². The van der Waals surface area contributed by atoms with Crippen molar-refractivity contribution in [1.29, 1.82) is 0 Å². The van der Waals surface area contributed by atoms with Crippen molar-refractivity contribution in [2.45, 2.75) is 117 Å². The van der Waals surface area contributed by atoms with Crippen molar-refractivity contribution in [2.24, 2.45) is 28.7 Å². The van der Waals surface area contributed by atoms with E-state index in [2.05, 4.69) is 13.5 Å². The van der Waals surface area contributed by atoms with Crippen molar-refractivity contribution in [3.63, 3.8) is 0 Å². The molecule has 2 N–H and O–H groups in total. The number of hydrogen-bond donors (Lipinski definition) is 2. The Kier molecular flexibility index (Phi) is 14.8. The Morgan fingerprint density at radius 1 is 1.20 bits per heavy atom. The minimum Gasteiger partial charge on any atom is -0.461 e. The number of unbranched alkanes of at least 4 members (excludes halogenated alkanes) is 3. The van der Waals surface area contributed by atoms with Gasteiger partial charge in [-0.2, -0.15) is 0 Å². The minimum atomic E-state index is -1.03. The molecule has 40 heavy (non-hydrogen) atoms. The molecule has 8 nitrogen and oxygen atoms in total. The van der Waals surface area contributed by atoms with Gasteiger partial charge in [0.25, 0.3) is 0 Å². The minimum absolute atomic E-state index is 0.0303. The van der Waals surface area contributed by atoms with Gasteiger partial charge in [-0.15, -0.1) is 0 Å². The molecule has 0 aromatic heterocycles. The van der Waals surface area contributed by atoms with Gasteiger partial charge in [0.1, 0.15) is 12.7 Å². The highest BCUT2D eigenvalue weighted by Gasteiger charge is 2.46. The lowest BCUT2D eigenvalue weighted by Crippen LogP contribution is -2.46. The second kappa shape index (κ2) is 17.5. The third kappa shape index (κ3) is 10.3. The van der Waals surface area contributed by atoms with E-state index in [9.17, 15) is 24.6 Å². The van der Waals surface area contributed by atoms with Crippen LogP contribution in [0.2, 0.25) is 0 Å². The summed E-state index contributed by atoms with van der Waals surface area (Å²) in [6.07, 6.45) is 8.11. The molecule has 2 aliphatic carbocycles. The maximum Gasteiger partial charge on any atom is 0.308 e. The van der Waals surface area contributed by atoms with Gasteiger partial charge in [0, 0.05) is 24.1 Å². The first-order valence-corrected chi connectivity index (χ1v) is 15.2. The zero-order chi connectivity index (χ0) is 29.7. The van der Waals surface area contributed by atoms with Gasteiger partial charge in [0.2, 0.25) is 0 Å². The van der Waals surface area contributed by atoms with Crippen LogP contribution in [0.1, 0.15) is 98.3 Å². The predicted octanol–water partition coefficient (Wildman–Crippen LogP) is 5.15. The summed E-state index contributed by atoms with van der Waals surface area (Å²) in [4.78, 5) is 42.6. The molecule has 1 saturated carbocycles. The first kappa shape index (κ1) is 33.9. The fourth-order valence-electron chi connectivity index (χ4n) is 5.71. The molecule has 7 atom stereocenters. The van der Waals surface area contributed by atoms with Gasteiger partial charge in [-0.1, -0.05) is 59.6 Å². The third-order valence-corrected chi connectivity index (χ3v) is 8.35. The van der Waals surface area contributed by atoms with Gasteiger partial charge in [-0.25, -0.2) is 0 Å². The van der Waals surface area contributed by atoms with Crippen molar-refractivity contribution in [1.82, 2.24) is 0 Å². The number of esters is 2. The van der Waals surface area contributed by atoms with Crippen LogP contribution >= 0.6 is 0 Å². The van der Waals surface area contributed by atoms with Crippen molar-refractivity contribution >= 4 is 23.4 Å². The molecule has 0 aromatic carbocycles. The molecule has 0 aromatic rings. The van der Waals surface area contributed by atoms with Gasteiger partial charge in [0.05, 0.1) is 24.5 Å². The van der Waals surface area contributed by atoms with Crippen LogP contribution in [0, 0.1) is 23.7 Å². The number of nitrogens with zero attached hydrogens (tertiary/aromatic N) is 1. The Balaban J connectivity index is 2.19. The molecule has 0 saturated heterocycles. The highest BCUT2D eigenvalue weighted by Crippen LogP contribution is 2.45. The van der Waals surface area contributed by atoms with Crippen molar-refractivity contribution in [2.75, 3.05) is 13.2 Å². The maximum atomic E-state index is 13.1. The molecule has 0 amide bonds. The summed E-state index contributed by atoms with van der Waals surface area (Å²) < 4.78 is 11.0. The number of allylic oxidation sites excluding steroid dienone is 1. The van der Waals surface area contributed by atoms with Gasteiger partial charge in [-0.05, 0) is 62.5 Å². The summed E-state index contributed by atoms with van der Waals surface area (Å²) in [5.74, 6) is -1.55. The number of rotatable bonds is 17. The van der Waals surface area contributed by atoms with Crippen LogP contribution in [0.15, 0.2) is 29.3 Å². The van der Waals surface area contributed by atoms with Crippen LogP contribution in [-0.2, 0) is 23.9 Å². The SMILES string of the molecule is C=CCOC(=O)CC(O)CC(O)CCC1C(C)C(=O)C=C2/C(=N\CCCCCC)CCC(OC(=O)C(C)CC)C21. The molecule has 2 aliphatic rings. The Morgan fingerprint density at radius 2 is 1.95 bits per heavy atom. The molecule has 2 rings (SSSR count). The number of aliphatic hydroxyl groups is 2. The topological polar surface area (TPSA) is 122 Å². The van der Waals surface area contributed by atoms with Gasteiger partial charge >= 0.3 is 11.9 Å². The molecule has 0 aliphatic heterocycles. The number of aliphatic hydroxyl groups excluding tert-OH is 2. The molecule has 7 unspecified atom stereocenters. The quantitative estimate of drug-likeness (QED) is 0.143. The van der Waals surface area contributed by atoms with Crippen LogP contribution in [-0.4, -0.2) is 65.1 Å². The second-order valence-electron chi connectivity index (χ2n) is 11.5. The van der Waals surface area contributed by atoms with E-state index >= 15 is 0 Å². The number of fused-ring (bicyclic) bond motifs is 1. The molecule has 8 heteroatoms. The summed E-state index contributed by atoms with van der Waals surface area (Å²) in [5.41, 5.74) is 1.83. The summed E-state index contributed by atoms with van der Waals surface area (Å²) in [5, 5.41) is 21.0. The van der Waals surface area contributed by atoms with E-state index in [1.807, 2.05) is 20.8 Å². The molecule has 0 heterocycles. The molecule has 1 fully saturated rings. The monoisotopic (exact) mass is 561 g/mol. The van der Waals surface area contributed by atoms with E-state index in [0.717, 1.165) is 37.1 Å². The molecule has 0 spiro atoms. The molecular formula is C32H51NO7. The zero-order valence-corrected chi connectivity index (χ0v) is 25.0. The van der Waals surface area contributed by atoms with Crippen LogP contribution in [0.4, 0.5) is 0 Å². The van der Waals surface area contributed by atoms with Gasteiger partial charge < -0.3 is 19.7 Å². The normalized spacial score (nSPS) is 25.9. The van der Waals surface area contributed by atoms with Crippen molar-refractivity contribution in [3.8, 4) is 0 Å². The first-order chi connectivity index (χ1) is 19.1. The number of hydrogen-bond acceptors (Lipinski definition) is 8. The highest BCUT2D eigenvalue weighted by molar-refractivity contribution is 6.08. The van der Waals surface area contributed by atoms with E-state index in [-0.39, 0.29) is 61.0 Å². The van der Waals surface area contributed by atoms with Crippen LogP contribution in [0.3, 0.4) is 0 Å². The Bertz CT molecular complexity index is 911. The summed E-state index contributed by atoms with van der Waals surface area (Å²) in [6, 6.07) is 0. The summed E-state index contributed by atoms with van der Waals surface area (Å²) >= 11 is 0. The lowest BCUT2D eigenvalue weighted by molar-refractivity contribution is -0.158. The first-order valence-electron chi connectivity index (χ1n) is 15.2. The van der Waals surface area contributed by atoms with Crippen molar-refractivity contribution in [3.05, 3.63) is 24.3 Å². The average Bonchev–Trinajstić information content (AvgIpc) is 2.92. The average molecular weight is 562 g/mol. The highest BCUT2D eigenvalue weighted by atomic mass is 16.5. The molecule has 226 valence electrons. The van der Waals surface area contributed by atoms with E-state index in [1.165, 1.54) is 12.5 Å². The molecule has 0 bridgehead atoms. The largest absolute Gasteiger partial charge is 0.461 e. The fourth-order valence-corrected chi connectivity index (χ4v) is 5.71. The van der Waals surface area contributed by atoms with E-state index in [4.69, 9.17) is 14.5 Å². The predicted molar refractivity (Wildman–Crippen MR) is 156 cm³/mol. The standard InChI is InChI=1S/C32H51NO7/c1-6-9-10-11-16-33-27-14-15-29(40-32(38)21(4)8-3)31-25(22(5)28(36)20-26(27)31)13-12-23(34)18-24(35)19-30(37)39-17-7-2/h7,20-25,29,31,34-35H,2,6,8-19H2,1,3-5H3/b33-27-. The lowest BCUT2D eigenvalue weighted by Gasteiger charge is -2.44. The summed E-state index contributed by atoms with van der Waals surface area (Å²) in [6.45, 7) is 12.2. The van der Waals surface area contributed by atoms with Crippen LogP contribution in [0.25, 0.3) is 0 Å². The Labute approximate surface area is 240 Å². The van der Waals surface area contributed by atoms with Crippen LogP contribution < -0.4 is 0 Å². The van der Waals surface area contributed by atoms with Gasteiger partial charge in [-0.3, -0.25) is 19.4 Å². The number of carbonyl (C=O) groups excluding carboxylic acids is 3. The summed E-state index contributed by atoms with van der Waals surface area (Å²) in [7, 11) is 0. The Hall–Kier alpha value is -2.32. The third-order valence-electron chi connectivity index (χ3n) is 8.35. The van der Waals surface area contributed by atoms with E-state index in [1.54, 1.807) is 6.08 Å². The number of ether oxygens (including phenoxy) is 2. The number of aliphatic imine (C=N–C) groups is 1. The molecular weight excluding hydrogens is 510 g/mol. The molecule has 0 radical (unpaired) electrons. The number of ketones is 1. The van der Waals surface area contributed by atoms with E-state index < -0.39 is 18.2 Å². The Morgan fingerprint density at radius 3 is 2.62 bits per heavy atom. The number of carbonyl (C=O) groups is 3.